The van der Waals surface area contributed by atoms with Crippen LogP contribution in [0.5, 0.6) is 0 Å². The highest BCUT2D eigenvalue weighted by atomic mass is 35.5. The lowest BCUT2D eigenvalue weighted by atomic mass is 10.3. The van der Waals surface area contributed by atoms with Crippen LogP contribution in [0.25, 0.3) is 0 Å². The molecule has 0 aliphatic rings. The highest BCUT2D eigenvalue weighted by Crippen LogP contribution is 2.28. The van der Waals surface area contributed by atoms with E-state index in [2.05, 4.69) is 9.97 Å². The van der Waals surface area contributed by atoms with E-state index >= 15 is 0 Å². The summed E-state index contributed by atoms with van der Waals surface area (Å²) in [6.45, 7) is 0. The van der Waals surface area contributed by atoms with Crippen LogP contribution in [0.15, 0.2) is 29.4 Å². The first-order valence-electron chi connectivity index (χ1n) is 5.05. The predicted molar refractivity (Wildman–Crippen MR) is 73.7 cm³/mol. The minimum Gasteiger partial charge on any atom is -0.399 e. The molecule has 0 unspecified atom stereocenters. The van der Waals surface area contributed by atoms with E-state index in [1.807, 2.05) is 4.72 Å². The monoisotopic (exact) mass is 336 g/mol. The van der Waals surface area contributed by atoms with Gasteiger partial charge in [-0.15, -0.1) is 0 Å². The SMILES string of the molecule is Nc1ccc(S(=O)(=O)Nc2ncnc(Cl)c2Cl)c(F)c1. The van der Waals surface area contributed by atoms with E-state index in [4.69, 9.17) is 28.9 Å². The van der Waals surface area contributed by atoms with Gasteiger partial charge in [-0.2, -0.15) is 0 Å². The fourth-order valence-corrected chi connectivity index (χ4v) is 2.75. The van der Waals surface area contributed by atoms with Crippen LogP contribution in [0.3, 0.4) is 0 Å². The van der Waals surface area contributed by atoms with Crippen LogP contribution in [0.4, 0.5) is 15.9 Å². The van der Waals surface area contributed by atoms with Crippen molar-refractivity contribution < 1.29 is 12.8 Å². The molecule has 0 amide bonds. The Morgan fingerprint density at radius 1 is 1.25 bits per heavy atom. The number of hydrogen-bond donors (Lipinski definition) is 2. The number of sulfonamides is 1. The maximum Gasteiger partial charge on any atom is 0.266 e. The van der Waals surface area contributed by atoms with Gasteiger partial charge in [0.2, 0.25) is 0 Å². The molecule has 10 heteroatoms. The normalized spacial score (nSPS) is 11.3. The second kappa shape index (κ2) is 5.39. The first-order chi connectivity index (χ1) is 9.31. The molecule has 1 aromatic carbocycles. The molecule has 0 atom stereocenters. The average molecular weight is 337 g/mol. The number of aromatic nitrogens is 2. The van der Waals surface area contributed by atoms with Gasteiger partial charge in [0.1, 0.15) is 22.1 Å². The Labute approximate surface area is 123 Å². The number of halogens is 3. The minimum absolute atomic E-state index is 0.101. The van der Waals surface area contributed by atoms with Crippen molar-refractivity contribution in [3.05, 3.63) is 40.5 Å². The summed E-state index contributed by atoms with van der Waals surface area (Å²) in [6.07, 6.45) is 1.02. The summed E-state index contributed by atoms with van der Waals surface area (Å²) in [7, 11) is -4.21. The average Bonchev–Trinajstić information content (AvgIpc) is 2.34. The molecule has 0 spiro atoms. The van der Waals surface area contributed by atoms with Gasteiger partial charge in [0.25, 0.3) is 10.0 Å². The molecule has 0 bridgehead atoms. The second-order valence-electron chi connectivity index (χ2n) is 3.62. The number of nitrogens with one attached hydrogen (secondary N) is 1. The summed E-state index contributed by atoms with van der Waals surface area (Å²) >= 11 is 11.4. The van der Waals surface area contributed by atoms with Crippen molar-refractivity contribution in [1.82, 2.24) is 9.97 Å². The Hall–Kier alpha value is -1.64. The van der Waals surface area contributed by atoms with E-state index in [1.54, 1.807) is 0 Å². The van der Waals surface area contributed by atoms with Gasteiger partial charge in [-0.25, -0.2) is 22.8 Å². The number of hydrogen-bond acceptors (Lipinski definition) is 5. The van der Waals surface area contributed by atoms with Crippen molar-refractivity contribution in [2.24, 2.45) is 0 Å². The zero-order valence-corrected chi connectivity index (χ0v) is 12.0. The Bertz CT molecular complexity index is 770. The lowest BCUT2D eigenvalue weighted by Gasteiger charge is -2.09. The van der Waals surface area contributed by atoms with Gasteiger partial charge >= 0.3 is 0 Å². The number of rotatable bonds is 3. The summed E-state index contributed by atoms with van der Waals surface area (Å²) in [5.41, 5.74) is 5.45. The molecule has 2 rings (SSSR count). The summed E-state index contributed by atoms with van der Waals surface area (Å²) in [5.74, 6) is -1.24. The summed E-state index contributed by atoms with van der Waals surface area (Å²) in [5, 5.41) is -0.314. The van der Waals surface area contributed by atoms with Crippen LogP contribution in [0.2, 0.25) is 10.2 Å². The summed E-state index contributed by atoms with van der Waals surface area (Å²) in [4.78, 5) is 6.61. The first kappa shape index (κ1) is 14.8. The van der Waals surface area contributed by atoms with Crippen LogP contribution in [-0.4, -0.2) is 18.4 Å². The number of benzene rings is 1. The fraction of sp³-hybridized carbons (Fsp3) is 0. The number of nitrogens with zero attached hydrogens (tertiary/aromatic N) is 2. The van der Waals surface area contributed by atoms with Crippen molar-refractivity contribution >= 4 is 44.7 Å². The molecule has 0 saturated carbocycles. The number of nitrogens with two attached hydrogens (primary N) is 1. The molecular weight excluding hydrogens is 330 g/mol. The zero-order valence-electron chi connectivity index (χ0n) is 9.64. The Morgan fingerprint density at radius 3 is 2.60 bits per heavy atom. The molecule has 0 saturated heterocycles. The molecule has 106 valence electrons. The topological polar surface area (TPSA) is 98.0 Å². The molecule has 6 nitrogen and oxygen atoms in total. The lowest BCUT2D eigenvalue weighted by molar-refractivity contribution is 0.570. The third-order valence-corrected chi connectivity index (χ3v) is 4.34. The molecule has 1 heterocycles. The lowest BCUT2D eigenvalue weighted by Crippen LogP contribution is -2.16. The molecular formula is C10H7Cl2FN4O2S. The van der Waals surface area contributed by atoms with Gasteiger partial charge in [-0.3, -0.25) is 4.72 Å². The minimum atomic E-state index is -4.21. The molecule has 20 heavy (non-hydrogen) atoms. The van der Waals surface area contributed by atoms with E-state index in [0.717, 1.165) is 18.5 Å². The van der Waals surface area contributed by atoms with Gasteiger partial charge < -0.3 is 5.73 Å². The van der Waals surface area contributed by atoms with Crippen LogP contribution in [0, 0.1) is 5.82 Å². The van der Waals surface area contributed by atoms with Crippen molar-refractivity contribution in [2.45, 2.75) is 4.90 Å². The molecule has 0 fully saturated rings. The van der Waals surface area contributed by atoms with Crippen LogP contribution < -0.4 is 10.5 Å². The van der Waals surface area contributed by atoms with Crippen LogP contribution >= 0.6 is 23.2 Å². The highest BCUT2D eigenvalue weighted by molar-refractivity contribution is 7.92. The second-order valence-corrected chi connectivity index (χ2v) is 6.01. The highest BCUT2D eigenvalue weighted by Gasteiger charge is 2.21. The largest absolute Gasteiger partial charge is 0.399 e. The number of nitrogen functional groups attached to an aromatic ring is 1. The predicted octanol–water partition coefficient (Wildman–Crippen LogP) is 2.31. The molecule has 2 aromatic rings. The molecule has 0 aliphatic heterocycles. The Morgan fingerprint density at radius 2 is 1.95 bits per heavy atom. The van der Waals surface area contributed by atoms with Crippen molar-refractivity contribution in [3.8, 4) is 0 Å². The van der Waals surface area contributed by atoms with E-state index in [-0.39, 0.29) is 21.7 Å². The van der Waals surface area contributed by atoms with Gasteiger partial charge in [0.05, 0.1) is 0 Å². The standard InChI is InChI=1S/C10H7Cl2FN4O2S/c11-8-9(12)15-4-16-10(8)17-20(18,19)7-2-1-5(14)3-6(7)13/h1-4H,14H2,(H,15,16,17). The molecule has 1 aromatic heterocycles. The van der Waals surface area contributed by atoms with Gasteiger partial charge in [-0.05, 0) is 18.2 Å². The quantitative estimate of drug-likeness (QED) is 0.662. The summed E-state index contributed by atoms with van der Waals surface area (Å²) in [6, 6.07) is 3.18. The van der Waals surface area contributed by atoms with E-state index < -0.39 is 20.7 Å². The third-order valence-electron chi connectivity index (χ3n) is 2.22. The molecule has 3 N–H and O–H groups in total. The summed E-state index contributed by atoms with van der Waals surface area (Å²) < 4.78 is 39.8. The first-order valence-corrected chi connectivity index (χ1v) is 7.29. The Balaban J connectivity index is 2.44. The van der Waals surface area contributed by atoms with E-state index in [1.165, 1.54) is 6.07 Å². The maximum atomic E-state index is 13.6. The molecule has 0 radical (unpaired) electrons. The smallest absolute Gasteiger partial charge is 0.266 e. The van der Waals surface area contributed by atoms with Gasteiger partial charge in [-0.1, -0.05) is 23.2 Å². The van der Waals surface area contributed by atoms with Crippen molar-refractivity contribution in [3.63, 3.8) is 0 Å². The molecule has 0 aliphatic carbocycles. The van der Waals surface area contributed by atoms with Crippen molar-refractivity contribution in [2.75, 3.05) is 10.5 Å². The van der Waals surface area contributed by atoms with Crippen LogP contribution in [0.1, 0.15) is 0 Å². The fourth-order valence-electron chi connectivity index (χ4n) is 1.34. The maximum absolute atomic E-state index is 13.6. The third kappa shape index (κ3) is 2.92. The zero-order chi connectivity index (χ0) is 14.9. The Kier molecular flexibility index (Phi) is 3.98. The van der Waals surface area contributed by atoms with E-state index in [0.29, 0.717) is 0 Å². The van der Waals surface area contributed by atoms with Crippen molar-refractivity contribution in [1.29, 1.82) is 0 Å². The number of anilines is 2. The van der Waals surface area contributed by atoms with Crippen LogP contribution in [-0.2, 0) is 10.0 Å². The van der Waals surface area contributed by atoms with Gasteiger partial charge in [0, 0.05) is 5.69 Å². The van der Waals surface area contributed by atoms with E-state index in [9.17, 15) is 12.8 Å². The van der Waals surface area contributed by atoms with Gasteiger partial charge in [0.15, 0.2) is 11.0 Å².